The van der Waals surface area contributed by atoms with Crippen LogP contribution < -0.4 is 0 Å². The average molecular weight is 296 g/mol. The Bertz CT molecular complexity index is 620. The van der Waals surface area contributed by atoms with Gasteiger partial charge in [0.15, 0.2) is 0 Å². The van der Waals surface area contributed by atoms with Crippen molar-refractivity contribution in [3.63, 3.8) is 0 Å². The average Bonchev–Trinajstić information content (AvgIpc) is 3.08. The highest BCUT2D eigenvalue weighted by Crippen LogP contribution is 2.22. The molecular weight excluding hydrogens is 276 g/mol. The molecule has 0 spiro atoms. The van der Waals surface area contributed by atoms with Crippen molar-refractivity contribution in [2.75, 3.05) is 0 Å². The second kappa shape index (κ2) is 7.07. The molecule has 1 atom stereocenters. The molecule has 0 bridgehead atoms. The summed E-state index contributed by atoms with van der Waals surface area (Å²) in [5, 5.41) is 0. The normalized spacial score (nSPS) is 17.4. The molecule has 22 heavy (non-hydrogen) atoms. The number of furan rings is 1. The topological polar surface area (TPSA) is 46.3 Å². The van der Waals surface area contributed by atoms with Gasteiger partial charge in [0.1, 0.15) is 5.76 Å². The van der Waals surface area contributed by atoms with Crippen LogP contribution in [-0.2, 0) is 17.9 Å². The fourth-order valence-corrected chi connectivity index (χ4v) is 2.77. The zero-order valence-corrected chi connectivity index (χ0v) is 12.5. The molecule has 0 unspecified atom stereocenters. The van der Waals surface area contributed by atoms with E-state index >= 15 is 0 Å². The van der Waals surface area contributed by atoms with Crippen molar-refractivity contribution in [2.45, 2.75) is 32.4 Å². The lowest BCUT2D eigenvalue weighted by atomic mass is 9.93. The van der Waals surface area contributed by atoms with Crippen LogP contribution in [0.4, 0.5) is 0 Å². The van der Waals surface area contributed by atoms with Crippen molar-refractivity contribution in [1.29, 1.82) is 0 Å². The number of pyridine rings is 1. The van der Waals surface area contributed by atoms with Crippen LogP contribution in [0.2, 0.25) is 0 Å². The van der Waals surface area contributed by atoms with Gasteiger partial charge in [-0.1, -0.05) is 18.2 Å². The Morgan fingerprint density at radius 3 is 2.86 bits per heavy atom. The Hall–Kier alpha value is -2.36. The first-order valence-corrected chi connectivity index (χ1v) is 7.69. The van der Waals surface area contributed by atoms with E-state index in [4.69, 9.17) is 4.42 Å². The molecule has 114 valence electrons. The number of carbonyl (C=O) groups excluding carboxylic acids is 1. The van der Waals surface area contributed by atoms with Crippen molar-refractivity contribution in [3.05, 3.63) is 66.4 Å². The molecule has 2 aromatic heterocycles. The summed E-state index contributed by atoms with van der Waals surface area (Å²) < 4.78 is 5.41. The number of nitrogens with zero attached hydrogens (tertiary/aromatic N) is 2. The van der Waals surface area contributed by atoms with Crippen LogP contribution in [0.1, 0.15) is 30.7 Å². The van der Waals surface area contributed by atoms with E-state index in [9.17, 15) is 4.79 Å². The van der Waals surface area contributed by atoms with Crippen molar-refractivity contribution in [1.82, 2.24) is 9.88 Å². The van der Waals surface area contributed by atoms with Crippen LogP contribution >= 0.6 is 0 Å². The minimum Gasteiger partial charge on any atom is -0.467 e. The van der Waals surface area contributed by atoms with Gasteiger partial charge in [0, 0.05) is 12.1 Å². The van der Waals surface area contributed by atoms with E-state index in [1.54, 1.807) is 12.5 Å². The van der Waals surface area contributed by atoms with Crippen LogP contribution in [0, 0.1) is 5.92 Å². The number of amides is 1. The van der Waals surface area contributed by atoms with Gasteiger partial charge in [-0.2, -0.15) is 0 Å². The van der Waals surface area contributed by atoms with Crippen LogP contribution in [0.15, 0.2) is 59.4 Å². The molecule has 0 N–H and O–H groups in total. The molecule has 2 heterocycles. The lowest BCUT2D eigenvalue weighted by Gasteiger charge is -2.27. The first-order chi connectivity index (χ1) is 10.8. The first-order valence-electron chi connectivity index (χ1n) is 7.69. The van der Waals surface area contributed by atoms with Crippen LogP contribution in [-0.4, -0.2) is 15.8 Å². The lowest BCUT2D eigenvalue weighted by Crippen LogP contribution is -2.35. The smallest absolute Gasteiger partial charge is 0.226 e. The van der Waals surface area contributed by atoms with Gasteiger partial charge in [0.25, 0.3) is 0 Å². The first kappa shape index (κ1) is 14.6. The van der Waals surface area contributed by atoms with Crippen molar-refractivity contribution in [2.24, 2.45) is 5.92 Å². The molecular formula is C18H20N2O2. The van der Waals surface area contributed by atoms with E-state index in [0.29, 0.717) is 13.1 Å². The molecule has 4 nitrogen and oxygen atoms in total. The van der Waals surface area contributed by atoms with Crippen molar-refractivity contribution < 1.29 is 9.21 Å². The second-order valence-corrected chi connectivity index (χ2v) is 5.58. The number of carbonyl (C=O) groups is 1. The zero-order chi connectivity index (χ0) is 15.2. The third-order valence-corrected chi connectivity index (χ3v) is 3.94. The molecule has 0 radical (unpaired) electrons. The largest absolute Gasteiger partial charge is 0.467 e. The van der Waals surface area contributed by atoms with E-state index < -0.39 is 0 Å². The number of rotatable bonds is 5. The van der Waals surface area contributed by atoms with E-state index in [1.165, 1.54) is 0 Å². The minimum absolute atomic E-state index is 0.0728. The maximum atomic E-state index is 12.9. The highest BCUT2D eigenvalue weighted by atomic mass is 16.3. The third kappa shape index (κ3) is 3.64. The Morgan fingerprint density at radius 1 is 1.23 bits per heavy atom. The number of hydrogen-bond donors (Lipinski definition) is 0. The summed E-state index contributed by atoms with van der Waals surface area (Å²) in [5.74, 6) is 1.06. The summed E-state index contributed by atoms with van der Waals surface area (Å²) in [6.45, 7) is 1.00. The predicted octanol–water partition coefficient (Wildman–Crippen LogP) is 3.56. The summed E-state index contributed by atoms with van der Waals surface area (Å²) >= 11 is 0. The van der Waals surface area contributed by atoms with Gasteiger partial charge < -0.3 is 9.32 Å². The SMILES string of the molecule is O=C([C@H]1CC=CCC1)N(Cc1ccccn1)Cc1ccco1. The van der Waals surface area contributed by atoms with Gasteiger partial charge in [0.05, 0.1) is 25.0 Å². The third-order valence-electron chi connectivity index (χ3n) is 3.94. The number of allylic oxidation sites excluding steroid dienone is 2. The highest BCUT2D eigenvalue weighted by molar-refractivity contribution is 5.79. The van der Waals surface area contributed by atoms with Crippen molar-refractivity contribution >= 4 is 5.91 Å². The molecule has 0 saturated carbocycles. The summed E-state index contributed by atoms with van der Waals surface area (Å²) in [4.78, 5) is 19.0. The van der Waals surface area contributed by atoms with Crippen LogP contribution in [0.25, 0.3) is 0 Å². The van der Waals surface area contributed by atoms with E-state index in [2.05, 4.69) is 17.1 Å². The molecule has 1 aliphatic rings. The lowest BCUT2D eigenvalue weighted by molar-refractivity contribution is -0.137. The van der Waals surface area contributed by atoms with Gasteiger partial charge in [-0.3, -0.25) is 9.78 Å². The molecule has 2 aromatic rings. The Morgan fingerprint density at radius 2 is 2.18 bits per heavy atom. The standard InChI is InChI=1S/C18H20N2O2/c21-18(15-7-2-1-3-8-15)20(14-17-10-6-12-22-17)13-16-9-4-5-11-19-16/h1-2,4-6,9-12,15H,3,7-8,13-14H2/t15-/m0/s1. The maximum Gasteiger partial charge on any atom is 0.226 e. The summed E-state index contributed by atoms with van der Waals surface area (Å²) in [6.07, 6.45) is 10.4. The summed E-state index contributed by atoms with van der Waals surface area (Å²) in [7, 11) is 0. The van der Waals surface area contributed by atoms with Gasteiger partial charge in [-0.15, -0.1) is 0 Å². The Labute approximate surface area is 130 Å². The fraction of sp³-hybridized carbons (Fsp3) is 0.333. The molecule has 4 heteroatoms. The molecule has 0 fully saturated rings. The van der Waals surface area contributed by atoms with Crippen LogP contribution in [0.5, 0.6) is 0 Å². The monoisotopic (exact) mass is 296 g/mol. The molecule has 3 rings (SSSR count). The number of hydrogen-bond acceptors (Lipinski definition) is 3. The van der Waals surface area contributed by atoms with Gasteiger partial charge in [0.2, 0.25) is 5.91 Å². The van der Waals surface area contributed by atoms with Gasteiger partial charge >= 0.3 is 0 Å². The van der Waals surface area contributed by atoms with E-state index in [1.807, 2.05) is 35.2 Å². The minimum atomic E-state index is 0.0728. The Kier molecular flexibility index (Phi) is 4.68. The highest BCUT2D eigenvalue weighted by Gasteiger charge is 2.25. The fourth-order valence-electron chi connectivity index (χ4n) is 2.77. The maximum absolute atomic E-state index is 12.9. The summed E-state index contributed by atoms with van der Waals surface area (Å²) in [5.41, 5.74) is 0.897. The zero-order valence-electron chi connectivity index (χ0n) is 12.5. The Balaban J connectivity index is 1.75. The van der Waals surface area contributed by atoms with E-state index in [0.717, 1.165) is 30.7 Å². The summed E-state index contributed by atoms with van der Waals surface area (Å²) in [6, 6.07) is 9.53. The van der Waals surface area contributed by atoms with Gasteiger partial charge in [-0.25, -0.2) is 0 Å². The predicted molar refractivity (Wildman–Crippen MR) is 83.7 cm³/mol. The molecule has 0 saturated heterocycles. The van der Waals surface area contributed by atoms with Crippen molar-refractivity contribution in [3.8, 4) is 0 Å². The number of aromatic nitrogens is 1. The van der Waals surface area contributed by atoms with Crippen LogP contribution in [0.3, 0.4) is 0 Å². The van der Waals surface area contributed by atoms with E-state index in [-0.39, 0.29) is 11.8 Å². The molecule has 1 aliphatic carbocycles. The molecule has 1 amide bonds. The second-order valence-electron chi connectivity index (χ2n) is 5.58. The molecule has 0 aromatic carbocycles. The quantitative estimate of drug-likeness (QED) is 0.793. The molecule has 0 aliphatic heterocycles. The van der Waals surface area contributed by atoms with Gasteiger partial charge in [-0.05, 0) is 43.5 Å².